The van der Waals surface area contributed by atoms with Gasteiger partial charge in [0, 0.05) is 32.4 Å². The molecule has 0 aromatic heterocycles. The highest BCUT2D eigenvalue weighted by Gasteiger charge is 2.26. The summed E-state index contributed by atoms with van der Waals surface area (Å²) in [5.74, 6) is -0.433. The van der Waals surface area contributed by atoms with E-state index < -0.39 is 11.4 Å². The van der Waals surface area contributed by atoms with Crippen molar-refractivity contribution in [2.24, 2.45) is 0 Å². The van der Waals surface area contributed by atoms with Crippen molar-refractivity contribution < 1.29 is 13.9 Å². The molecule has 8 heteroatoms. The van der Waals surface area contributed by atoms with Gasteiger partial charge < -0.3 is 19.9 Å². The van der Waals surface area contributed by atoms with Crippen molar-refractivity contribution in [2.45, 2.75) is 26.4 Å². The first-order chi connectivity index (χ1) is 12.7. The van der Waals surface area contributed by atoms with Crippen LogP contribution in [-0.4, -0.2) is 42.8 Å². The average Bonchev–Trinajstić information content (AvgIpc) is 2.61. The van der Waals surface area contributed by atoms with Crippen LogP contribution in [0, 0.1) is 28.5 Å². The van der Waals surface area contributed by atoms with Crippen LogP contribution in [-0.2, 0) is 4.74 Å². The summed E-state index contributed by atoms with van der Waals surface area (Å²) in [6, 6.07) is 7.77. The van der Waals surface area contributed by atoms with Crippen LogP contribution in [0.4, 0.5) is 20.6 Å². The number of hydrogen-bond donors (Lipinski definition) is 1. The normalized spacial score (nSPS) is 14.0. The molecule has 27 heavy (non-hydrogen) atoms. The molecule has 0 aliphatic carbocycles. The Labute approximate surface area is 158 Å². The van der Waals surface area contributed by atoms with E-state index in [9.17, 15) is 9.18 Å². The summed E-state index contributed by atoms with van der Waals surface area (Å²) in [6.45, 7) is 7.51. The van der Waals surface area contributed by atoms with E-state index in [4.69, 9.17) is 15.3 Å². The zero-order valence-corrected chi connectivity index (χ0v) is 15.6. The van der Waals surface area contributed by atoms with Crippen LogP contribution in [0.3, 0.4) is 0 Å². The molecule has 1 aromatic rings. The van der Waals surface area contributed by atoms with E-state index in [1.165, 1.54) is 18.3 Å². The molecular formula is C19H22FN5O2. The first-order valence-corrected chi connectivity index (χ1v) is 8.53. The summed E-state index contributed by atoms with van der Waals surface area (Å²) in [5, 5.41) is 20.5. The maximum Gasteiger partial charge on any atom is 0.410 e. The zero-order valence-electron chi connectivity index (χ0n) is 15.6. The van der Waals surface area contributed by atoms with Crippen LogP contribution in [0.2, 0.25) is 0 Å². The number of carbonyl (C=O) groups is 1. The maximum absolute atomic E-state index is 13.6. The first kappa shape index (κ1) is 20.1. The number of rotatable bonds is 3. The molecule has 1 heterocycles. The maximum atomic E-state index is 13.6. The number of amides is 1. The highest BCUT2D eigenvalue weighted by molar-refractivity contribution is 5.73. The molecule has 0 atom stereocenters. The third kappa shape index (κ3) is 5.61. The zero-order chi connectivity index (χ0) is 20.0. The lowest BCUT2D eigenvalue weighted by molar-refractivity contribution is 0.0240. The van der Waals surface area contributed by atoms with E-state index in [2.05, 4.69) is 5.32 Å². The predicted molar refractivity (Wildman–Crippen MR) is 99.4 cm³/mol. The topological polar surface area (TPSA) is 92.4 Å². The largest absolute Gasteiger partial charge is 0.444 e. The third-order valence-electron chi connectivity index (χ3n) is 3.84. The van der Waals surface area contributed by atoms with E-state index >= 15 is 0 Å². The summed E-state index contributed by atoms with van der Waals surface area (Å²) >= 11 is 0. The van der Waals surface area contributed by atoms with E-state index in [1.54, 1.807) is 23.1 Å². The monoisotopic (exact) mass is 371 g/mol. The number of carbonyl (C=O) groups excluding carboxylic acids is 1. The van der Waals surface area contributed by atoms with Crippen LogP contribution >= 0.6 is 0 Å². The van der Waals surface area contributed by atoms with Gasteiger partial charge in [-0.3, -0.25) is 0 Å². The lowest BCUT2D eigenvalue weighted by Crippen LogP contribution is -2.50. The predicted octanol–water partition coefficient (Wildman–Crippen LogP) is 3.23. The van der Waals surface area contributed by atoms with E-state index in [0.717, 1.165) is 5.69 Å². The van der Waals surface area contributed by atoms with Gasteiger partial charge in [0.2, 0.25) is 0 Å². The molecule has 1 N–H and O–H groups in total. The highest BCUT2D eigenvalue weighted by Crippen LogP contribution is 2.28. The van der Waals surface area contributed by atoms with Crippen molar-refractivity contribution in [1.82, 2.24) is 4.90 Å². The molecule has 0 unspecified atom stereocenters. The quantitative estimate of drug-likeness (QED) is 0.820. The second-order valence-corrected chi connectivity index (χ2v) is 7.04. The molecule has 142 valence electrons. The number of nitrogens with zero attached hydrogens (tertiary/aromatic N) is 4. The number of benzene rings is 1. The van der Waals surface area contributed by atoms with Crippen molar-refractivity contribution in [1.29, 1.82) is 10.5 Å². The molecule has 7 nitrogen and oxygen atoms in total. The van der Waals surface area contributed by atoms with Crippen LogP contribution in [0.25, 0.3) is 0 Å². The number of halogens is 1. The SMILES string of the molecule is CC(C)(C)OC(=O)N1CCN(c2ccc(F)cc2NC=C(C#N)C#N)CC1. The number of piperazine rings is 1. The Morgan fingerprint density at radius 3 is 2.41 bits per heavy atom. The van der Waals surface area contributed by atoms with E-state index in [1.807, 2.05) is 25.7 Å². The van der Waals surface area contributed by atoms with Crippen molar-refractivity contribution in [3.8, 4) is 12.1 Å². The number of allylic oxidation sites excluding steroid dienone is 1. The van der Waals surface area contributed by atoms with E-state index in [0.29, 0.717) is 31.9 Å². The Kier molecular flexibility index (Phi) is 6.25. The summed E-state index contributed by atoms with van der Waals surface area (Å²) < 4.78 is 19.0. The molecule has 0 bridgehead atoms. The van der Waals surface area contributed by atoms with E-state index in [-0.39, 0.29) is 11.7 Å². The fraction of sp³-hybridized carbons (Fsp3) is 0.421. The third-order valence-corrected chi connectivity index (χ3v) is 3.84. The molecule has 1 fully saturated rings. The number of anilines is 2. The molecule has 1 aliphatic heterocycles. The smallest absolute Gasteiger partial charge is 0.410 e. The first-order valence-electron chi connectivity index (χ1n) is 8.53. The standard InChI is InChI=1S/C19H22FN5O2/c1-19(2,3)27-18(26)25-8-6-24(7-9-25)17-5-4-15(20)10-16(17)23-13-14(11-21)12-22/h4-5,10,13,23H,6-9H2,1-3H3. The minimum atomic E-state index is -0.548. The van der Waals surface area contributed by atoms with Crippen LogP contribution in [0.15, 0.2) is 30.0 Å². The van der Waals surface area contributed by atoms with Gasteiger partial charge in [0.05, 0.1) is 11.4 Å². The lowest BCUT2D eigenvalue weighted by Gasteiger charge is -2.37. The van der Waals surface area contributed by atoms with Gasteiger partial charge in [-0.15, -0.1) is 0 Å². The molecule has 1 saturated heterocycles. The molecule has 0 saturated carbocycles. The fourth-order valence-electron chi connectivity index (χ4n) is 2.60. The summed E-state index contributed by atoms with van der Waals surface area (Å²) in [4.78, 5) is 15.8. The lowest BCUT2D eigenvalue weighted by atomic mass is 10.2. The number of nitrogens with one attached hydrogen (secondary N) is 1. The summed E-state index contributed by atoms with van der Waals surface area (Å²) in [7, 11) is 0. The molecule has 1 amide bonds. The van der Waals surface area contributed by atoms with Crippen LogP contribution < -0.4 is 10.2 Å². The molecule has 0 radical (unpaired) electrons. The second-order valence-electron chi connectivity index (χ2n) is 7.04. The minimum absolute atomic E-state index is 0.111. The van der Waals surface area contributed by atoms with Crippen LogP contribution in [0.1, 0.15) is 20.8 Å². The average molecular weight is 371 g/mol. The number of hydrogen-bond acceptors (Lipinski definition) is 6. The molecule has 0 spiro atoms. The van der Waals surface area contributed by atoms with Gasteiger partial charge in [-0.25, -0.2) is 9.18 Å². The van der Waals surface area contributed by atoms with Gasteiger partial charge in [-0.05, 0) is 39.0 Å². The van der Waals surface area contributed by atoms with Crippen molar-refractivity contribution >= 4 is 17.5 Å². The molecular weight excluding hydrogens is 349 g/mol. The Morgan fingerprint density at radius 1 is 1.22 bits per heavy atom. The van der Waals surface area contributed by atoms with Crippen molar-refractivity contribution in [3.05, 3.63) is 35.8 Å². The van der Waals surface area contributed by atoms with Gasteiger partial charge in [-0.2, -0.15) is 10.5 Å². The van der Waals surface area contributed by atoms with Crippen LogP contribution in [0.5, 0.6) is 0 Å². The van der Waals surface area contributed by atoms with Gasteiger partial charge in [0.1, 0.15) is 29.1 Å². The number of ether oxygens (including phenoxy) is 1. The van der Waals surface area contributed by atoms with Gasteiger partial charge in [0.15, 0.2) is 0 Å². The Morgan fingerprint density at radius 2 is 1.85 bits per heavy atom. The fourth-order valence-corrected chi connectivity index (χ4v) is 2.60. The minimum Gasteiger partial charge on any atom is -0.444 e. The Bertz CT molecular complexity index is 793. The van der Waals surface area contributed by atoms with Crippen molar-refractivity contribution in [3.63, 3.8) is 0 Å². The van der Waals surface area contributed by atoms with Gasteiger partial charge in [0.25, 0.3) is 0 Å². The number of nitriles is 2. The molecule has 1 aliphatic rings. The summed E-state index contributed by atoms with van der Waals surface area (Å²) in [5.41, 5.74) is 0.517. The highest BCUT2D eigenvalue weighted by atomic mass is 19.1. The summed E-state index contributed by atoms with van der Waals surface area (Å²) in [6.07, 6.45) is 0.894. The van der Waals surface area contributed by atoms with Gasteiger partial charge >= 0.3 is 6.09 Å². The van der Waals surface area contributed by atoms with Crippen molar-refractivity contribution in [2.75, 3.05) is 36.4 Å². The second kappa shape index (κ2) is 8.41. The molecule has 1 aromatic carbocycles. The van der Waals surface area contributed by atoms with Gasteiger partial charge in [-0.1, -0.05) is 0 Å². The Balaban J connectivity index is 2.10. The molecule has 2 rings (SSSR count). The Hall–Kier alpha value is -3.26.